The Labute approximate surface area is 116 Å². The van der Waals surface area contributed by atoms with Crippen LogP contribution in [-0.2, 0) is 0 Å². The Kier molecular flexibility index (Phi) is 2.52. The van der Waals surface area contributed by atoms with Crippen molar-refractivity contribution in [3.8, 4) is 11.5 Å². The molecule has 0 saturated heterocycles. The molecular weight excluding hydrogens is 252 g/mol. The van der Waals surface area contributed by atoms with Crippen LogP contribution in [0.3, 0.4) is 0 Å². The van der Waals surface area contributed by atoms with Crippen LogP contribution < -0.4 is 9.47 Å². The summed E-state index contributed by atoms with van der Waals surface area (Å²) in [6, 6.07) is 15.5. The predicted molar refractivity (Wildman–Crippen MR) is 74.8 cm³/mol. The molecule has 0 bridgehead atoms. The van der Waals surface area contributed by atoms with Crippen molar-refractivity contribution < 1.29 is 9.47 Å². The fraction of sp³-hybridized carbons (Fsp3) is 0.125. The predicted octanol–water partition coefficient (Wildman–Crippen LogP) is 3.14. The molecule has 4 rings (SSSR count). The lowest BCUT2D eigenvalue weighted by Crippen LogP contribution is -2.22. The quantitative estimate of drug-likeness (QED) is 0.677. The van der Waals surface area contributed by atoms with Crippen LogP contribution in [0.25, 0.3) is 11.0 Å². The van der Waals surface area contributed by atoms with Gasteiger partial charge in [-0.2, -0.15) is 0 Å². The molecule has 0 radical (unpaired) electrons. The van der Waals surface area contributed by atoms with Crippen molar-refractivity contribution in [3.63, 3.8) is 0 Å². The smallest absolute Gasteiger partial charge is 0.176 e. The van der Waals surface area contributed by atoms with Crippen molar-refractivity contribution >= 4 is 11.0 Å². The summed E-state index contributed by atoms with van der Waals surface area (Å²) in [6.07, 6.45) is 1.53. The Balaban J connectivity index is 1.70. The lowest BCUT2D eigenvalue weighted by atomic mass is 10.2. The second-order valence-electron chi connectivity index (χ2n) is 4.65. The van der Waals surface area contributed by atoms with Crippen molar-refractivity contribution in [2.75, 3.05) is 6.61 Å². The molecule has 1 aliphatic heterocycles. The summed E-state index contributed by atoms with van der Waals surface area (Å²) in [4.78, 5) is 9.02. The van der Waals surface area contributed by atoms with Crippen LogP contribution in [0.2, 0.25) is 0 Å². The molecule has 0 saturated carbocycles. The minimum atomic E-state index is -0.220. The molecule has 2 heterocycles. The fourth-order valence-electron chi connectivity index (χ4n) is 2.29. The van der Waals surface area contributed by atoms with Crippen molar-refractivity contribution in [1.82, 2.24) is 9.97 Å². The second kappa shape index (κ2) is 4.49. The Morgan fingerprint density at radius 3 is 2.55 bits per heavy atom. The van der Waals surface area contributed by atoms with Crippen LogP contribution in [0.5, 0.6) is 11.5 Å². The number of fused-ring (bicyclic) bond motifs is 2. The molecule has 1 aliphatic rings. The first-order valence-corrected chi connectivity index (χ1v) is 6.50. The van der Waals surface area contributed by atoms with E-state index in [1.165, 1.54) is 0 Å². The van der Waals surface area contributed by atoms with Crippen LogP contribution in [0.15, 0.2) is 54.7 Å². The third-order valence-electron chi connectivity index (χ3n) is 3.31. The molecule has 0 fully saturated rings. The molecule has 1 aromatic heterocycles. The Hall–Kier alpha value is -2.62. The number of rotatable bonds is 1. The molecule has 0 aliphatic carbocycles. The van der Waals surface area contributed by atoms with Crippen molar-refractivity contribution in [3.05, 3.63) is 60.4 Å². The third kappa shape index (κ3) is 1.86. The van der Waals surface area contributed by atoms with E-state index in [2.05, 4.69) is 9.97 Å². The number of ether oxygens (including phenoxy) is 2. The maximum absolute atomic E-state index is 5.94. The van der Waals surface area contributed by atoms with Gasteiger partial charge in [0.25, 0.3) is 0 Å². The first kappa shape index (κ1) is 11.2. The van der Waals surface area contributed by atoms with E-state index in [0.717, 1.165) is 28.2 Å². The monoisotopic (exact) mass is 264 g/mol. The number of aromatic nitrogens is 2. The van der Waals surface area contributed by atoms with Crippen LogP contribution in [0.4, 0.5) is 0 Å². The topological polar surface area (TPSA) is 44.2 Å². The average Bonchev–Trinajstić information content (AvgIpc) is 2.54. The minimum Gasteiger partial charge on any atom is -0.485 e. The van der Waals surface area contributed by atoms with Gasteiger partial charge >= 0.3 is 0 Å². The van der Waals surface area contributed by atoms with Gasteiger partial charge in [-0.25, -0.2) is 4.98 Å². The SMILES string of the molecule is c1ccc2c(c1)OCC(c1cnc3ccccc3n1)O2. The van der Waals surface area contributed by atoms with Gasteiger partial charge in [-0.15, -0.1) is 0 Å². The van der Waals surface area contributed by atoms with Crippen LogP contribution >= 0.6 is 0 Å². The number of nitrogens with zero attached hydrogens (tertiary/aromatic N) is 2. The number of benzene rings is 2. The summed E-state index contributed by atoms with van der Waals surface area (Å²) in [5.41, 5.74) is 2.54. The molecular formula is C16H12N2O2. The van der Waals surface area contributed by atoms with Gasteiger partial charge < -0.3 is 9.47 Å². The van der Waals surface area contributed by atoms with Crippen molar-refractivity contribution in [2.24, 2.45) is 0 Å². The number of para-hydroxylation sites is 4. The van der Waals surface area contributed by atoms with Crippen LogP contribution in [-0.4, -0.2) is 16.6 Å². The zero-order valence-electron chi connectivity index (χ0n) is 10.7. The maximum Gasteiger partial charge on any atom is 0.176 e. The molecule has 98 valence electrons. The summed E-state index contributed by atoms with van der Waals surface area (Å²) in [5.74, 6) is 1.52. The molecule has 1 unspecified atom stereocenters. The van der Waals surface area contributed by atoms with Gasteiger partial charge in [-0.05, 0) is 24.3 Å². The lowest BCUT2D eigenvalue weighted by Gasteiger charge is -2.25. The van der Waals surface area contributed by atoms with Gasteiger partial charge in [0.2, 0.25) is 0 Å². The van der Waals surface area contributed by atoms with Gasteiger partial charge in [0.05, 0.1) is 17.2 Å². The number of hydrogen-bond donors (Lipinski definition) is 0. The maximum atomic E-state index is 5.94. The van der Waals surface area contributed by atoms with Crippen LogP contribution in [0, 0.1) is 0 Å². The largest absolute Gasteiger partial charge is 0.485 e. The highest BCUT2D eigenvalue weighted by Crippen LogP contribution is 2.35. The van der Waals surface area contributed by atoms with E-state index in [1.807, 2.05) is 48.5 Å². The zero-order chi connectivity index (χ0) is 13.4. The van der Waals surface area contributed by atoms with E-state index >= 15 is 0 Å². The highest BCUT2D eigenvalue weighted by atomic mass is 16.6. The summed E-state index contributed by atoms with van der Waals surface area (Å²) in [7, 11) is 0. The van der Waals surface area contributed by atoms with E-state index in [-0.39, 0.29) is 6.10 Å². The van der Waals surface area contributed by atoms with E-state index < -0.39 is 0 Å². The average molecular weight is 264 g/mol. The van der Waals surface area contributed by atoms with Gasteiger partial charge in [0.1, 0.15) is 12.3 Å². The van der Waals surface area contributed by atoms with Crippen molar-refractivity contribution in [2.45, 2.75) is 6.10 Å². The first-order chi connectivity index (χ1) is 9.90. The van der Waals surface area contributed by atoms with Gasteiger partial charge in [0.15, 0.2) is 17.6 Å². The molecule has 4 heteroatoms. The van der Waals surface area contributed by atoms with Crippen molar-refractivity contribution in [1.29, 1.82) is 0 Å². The Morgan fingerprint density at radius 2 is 1.65 bits per heavy atom. The summed E-state index contributed by atoms with van der Waals surface area (Å²) < 4.78 is 11.6. The molecule has 2 aromatic carbocycles. The molecule has 4 nitrogen and oxygen atoms in total. The summed E-state index contributed by atoms with van der Waals surface area (Å²) in [5, 5.41) is 0. The fourth-order valence-corrected chi connectivity index (χ4v) is 2.29. The van der Waals surface area contributed by atoms with E-state index in [9.17, 15) is 0 Å². The van der Waals surface area contributed by atoms with Gasteiger partial charge in [0, 0.05) is 0 Å². The molecule has 3 aromatic rings. The lowest BCUT2D eigenvalue weighted by molar-refractivity contribution is 0.0883. The molecule has 20 heavy (non-hydrogen) atoms. The standard InChI is InChI=1S/C16H12N2O2/c1-2-6-12-11(5-1)17-9-13(18-12)16-10-19-14-7-3-4-8-15(14)20-16/h1-9,16H,10H2. The zero-order valence-corrected chi connectivity index (χ0v) is 10.7. The first-order valence-electron chi connectivity index (χ1n) is 6.50. The summed E-state index contributed by atoms with van der Waals surface area (Å²) in [6.45, 7) is 0.448. The molecule has 0 N–H and O–H groups in total. The second-order valence-corrected chi connectivity index (χ2v) is 4.65. The minimum absolute atomic E-state index is 0.220. The normalized spacial score (nSPS) is 17.1. The molecule has 0 spiro atoms. The Morgan fingerprint density at radius 1 is 0.900 bits per heavy atom. The van der Waals surface area contributed by atoms with Gasteiger partial charge in [-0.1, -0.05) is 24.3 Å². The third-order valence-corrected chi connectivity index (χ3v) is 3.31. The van der Waals surface area contributed by atoms with E-state index in [1.54, 1.807) is 6.20 Å². The molecule has 0 amide bonds. The van der Waals surface area contributed by atoms with Gasteiger partial charge in [-0.3, -0.25) is 4.98 Å². The number of hydrogen-bond acceptors (Lipinski definition) is 4. The highest BCUT2D eigenvalue weighted by Gasteiger charge is 2.23. The summed E-state index contributed by atoms with van der Waals surface area (Å²) >= 11 is 0. The molecule has 1 atom stereocenters. The Bertz CT molecular complexity index is 773. The highest BCUT2D eigenvalue weighted by molar-refractivity contribution is 5.73. The van der Waals surface area contributed by atoms with E-state index in [0.29, 0.717) is 6.61 Å². The van der Waals surface area contributed by atoms with E-state index in [4.69, 9.17) is 9.47 Å². The van der Waals surface area contributed by atoms with Crippen LogP contribution in [0.1, 0.15) is 11.8 Å².